The van der Waals surface area contributed by atoms with Crippen molar-refractivity contribution in [1.82, 2.24) is 25.5 Å². The lowest BCUT2D eigenvalue weighted by molar-refractivity contribution is -0.142. The number of tetrazole rings is 1. The number of aliphatic hydroxyl groups is 1. The van der Waals surface area contributed by atoms with E-state index in [1.54, 1.807) is 4.68 Å². The number of nitrogens with zero attached hydrogens (tertiary/aromatic N) is 4. The Morgan fingerprint density at radius 3 is 2.61 bits per heavy atom. The molecule has 160 valence electrons. The van der Waals surface area contributed by atoms with Gasteiger partial charge in [-0.3, -0.25) is 0 Å². The maximum Gasteiger partial charge on any atom is 0.345 e. The van der Waals surface area contributed by atoms with Gasteiger partial charge < -0.3 is 15.2 Å². The summed E-state index contributed by atoms with van der Waals surface area (Å²) in [5, 5.41) is 26.7. The highest BCUT2D eigenvalue weighted by atomic mass is 16.5. The van der Waals surface area contributed by atoms with Gasteiger partial charge >= 0.3 is 6.01 Å². The van der Waals surface area contributed by atoms with Crippen LogP contribution in [0.15, 0.2) is 54.6 Å². The molecule has 31 heavy (non-hydrogen) atoms. The Bertz CT molecular complexity index is 1070. The molecule has 3 aromatic rings. The highest BCUT2D eigenvalue weighted by Crippen LogP contribution is 2.57. The molecule has 4 aliphatic carbocycles. The molecule has 7 heteroatoms. The second-order valence-electron chi connectivity index (χ2n) is 9.78. The molecule has 4 aliphatic rings. The first-order valence-electron chi connectivity index (χ1n) is 11.2. The minimum Gasteiger partial charge on any atom is -0.423 e. The summed E-state index contributed by atoms with van der Waals surface area (Å²) in [6.45, 7) is 0.760. The summed E-state index contributed by atoms with van der Waals surface area (Å²) in [5.74, 6) is 2.05. The number of hydrogen-bond donors (Lipinski definition) is 2. The first-order valence-corrected chi connectivity index (χ1v) is 11.2. The van der Waals surface area contributed by atoms with Crippen LogP contribution in [-0.4, -0.2) is 36.5 Å². The zero-order valence-corrected chi connectivity index (χ0v) is 17.4. The van der Waals surface area contributed by atoms with Crippen molar-refractivity contribution in [1.29, 1.82) is 0 Å². The zero-order valence-electron chi connectivity index (χ0n) is 17.4. The molecule has 2 atom stereocenters. The number of ether oxygens (including phenoxy) is 1. The third-order valence-corrected chi connectivity index (χ3v) is 7.25. The molecule has 0 spiro atoms. The van der Waals surface area contributed by atoms with E-state index >= 15 is 0 Å². The molecular formula is C24H27N5O2. The molecule has 0 amide bonds. The fraction of sp³-hybridized carbons (Fsp3) is 0.458. The van der Waals surface area contributed by atoms with Crippen LogP contribution in [0.25, 0.3) is 5.69 Å². The Balaban J connectivity index is 1.17. The first kappa shape index (κ1) is 19.0. The van der Waals surface area contributed by atoms with Gasteiger partial charge in [0, 0.05) is 12.1 Å². The summed E-state index contributed by atoms with van der Waals surface area (Å²) in [6, 6.07) is 18.1. The van der Waals surface area contributed by atoms with Crippen LogP contribution in [0.2, 0.25) is 0 Å². The normalized spacial score (nSPS) is 31.1. The van der Waals surface area contributed by atoms with Crippen LogP contribution in [0.1, 0.15) is 44.1 Å². The highest BCUT2D eigenvalue weighted by Gasteiger charge is 2.56. The van der Waals surface area contributed by atoms with Crippen molar-refractivity contribution >= 4 is 0 Å². The molecule has 0 saturated heterocycles. The van der Waals surface area contributed by atoms with Crippen molar-refractivity contribution < 1.29 is 9.84 Å². The molecule has 4 bridgehead atoms. The van der Waals surface area contributed by atoms with Gasteiger partial charge in [0.05, 0.1) is 11.3 Å². The smallest absolute Gasteiger partial charge is 0.345 e. The molecule has 4 fully saturated rings. The van der Waals surface area contributed by atoms with Crippen LogP contribution in [0, 0.1) is 11.8 Å². The molecule has 0 radical (unpaired) electrons. The minimum absolute atomic E-state index is 0.0765. The molecule has 0 aliphatic heterocycles. The van der Waals surface area contributed by atoms with Crippen LogP contribution in [0.3, 0.4) is 0 Å². The molecule has 2 unspecified atom stereocenters. The first-order chi connectivity index (χ1) is 15.1. The quantitative estimate of drug-likeness (QED) is 0.637. The van der Waals surface area contributed by atoms with Crippen LogP contribution < -0.4 is 10.1 Å². The third kappa shape index (κ3) is 3.62. The summed E-state index contributed by atoms with van der Waals surface area (Å²) in [4.78, 5) is 0. The van der Waals surface area contributed by atoms with Crippen LogP contribution in [0.4, 0.5) is 0 Å². The molecular weight excluding hydrogens is 390 g/mol. The Morgan fingerprint density at radius 2 is 1.84 bits per heavy atom. The van der Waals surface area contributed by atoms with Crippen LogP contribution in [-0.2, 0) is 6.54 Å². The zero-order chi connectivity index (χ0) is 20.9. The van der Waals surface area contributed by atoms with Gasteiger partial charge in [-0.1, -0.05) is 35.4 Å². The Morgan fingerprint density at radius 1 is 1.03 bits per heavy atom. The van der Waals surface area contributed by atoms with Gasteiger partial charge in [0.15, 0.2) is 0 Å². The van der Waals surface area contributed by atoms with Gasteiger partial charge in [0.1, 0.15) is 5.75 Å². The SMILES string of the molecule is OC12CC3CC(C1)CC(NCc1cccc(Oc4nnnn4-c4ccccc4)c1)(C3)C2. The molecule has 7 rings (SSSR count). The van der Waals surface area contributed by atoms with Gasteiger partial charge in [0.25, 0.3) is 0 Å². The van der Waals surface area contributed by atoms with Gasteiger partial charge in [0.2, 0.25) is 0 Å². The summed E-state index contributed by atoms with van der Waals surface area (Å²) in [6.07, 6.45) is 6.54. The molecule has 4 saturated carbocycles. The molecule has 1 aromatic heterocycles. The maximum atomic E-state index is 11.0. The fourth-order valence-corrected chi connectivity index (χ4v) is 6.51. The van der Waals surface area contributed by atoms with Crippen molar-refractivity contribution in [3.05, 3.63) is 60.2 Å². The monoisotopic (exact) mass is 417 g/mol. The van der Waals surface area contributed by atoms with Crippen molar-refractivity contribution in [2.45, 2.75) is 56.2 Å². The van der Waals surface area contributed by atoms with Crippen LogP contribution in [0.5, 0.6) is 11.8 Å². The lowest BCUT2D eigenvalue weighted by Gasteiger charge is -2.60. The van der Waals surface area contributed by atoms with Crippen LogP contribution >= 0.6 is 0 Å². The molecule has 2 N–H and O–H groups in total. The van der Waals surface area contributed by atoms with E-state index in [1.165, 1.54) is 19.3 Å². The van der Waals surface area contributed by atoms with E-state index in [4.69, 9.17) is 4.74 Å². The summed E-state index contributed by atoms with van der Waals surface area (Å²) >= 11 is 0. The summed E-state index contributed by atoms with van der Waals surface area (Å²) < 4.78 is 7.60. The molecule has 1 heterocycles. The largest absolute Gasteiger partial charge is 0.423 e. The minimum atomic E-state index is -0.448. The maximum absolute atomic E-state index is 11.0. The molecule has 7 nitrogen and oxygen atoms in total. The predicted molar refractivity (Wildman–Crippen MR) is 115 cm³/mol. The Hall–Kier alpha value is -2.77. The average Bonchev–Trinajstić information content (AvgIpc) is 3.20. The van der Waals surface area contributed by atoms with E-state index in [2.05, 4.69) is 26.9 Å². The van der Waals surface area contributed by atoms with Gasteiger partial charge in [-0.15, -0.1) is 0 Å². The second-order valence-corrected chi connectivity index (χ2v) is 9.78. The lowest BCUT2D eigenvalue weighted by Crippen LogP contribution is -2.64. The topological polar surface area (TPSA) is 85.1 Å². The average molecular weight is 418 g/mol. The second kappa shape index (κ2) is 7.14. The summed E-state index contributed by atoms with van der Waals surface area (Å²) in [7, 11) is 0. The van der Waals surface area contributed by atoms with Crippen molar-refractivity contribution in [2.75, 3.05) is 0 Å². The fourth-order valence-electron chi connectivity index (χ4n) is 6.51. The Kier molecular flexibility index (Phi) is 4.36. The lowest BCUT2D eigenvalue weighted by atomic mass is 9.51. The third-order valence-electron chi connectivity index (χ3n) is 7.25. The van der Waals surface area contributed by atoms with Crippen molar-refractivity contribution in [2.24, 2.45) is 11.8 Å². The number of nitrogens with one attached hydrogen (secondary N) is 1. The van der Waals surface area contributed by atoms with Gasteiger partial charge in [-0.25, -0.2) is 0 Å². The molecule has 2 aromatic carbocycles. The number of aromatic nitrogens is 4. The van der Waals surface area contributed by atoms with Gasteiger partial charge in [-0.2, -0.15) is 4.68 Å². The summed E-state index contributed by atoms with van der Waals surface area (Å²) in [5.41, 5.74) is 1.63. The van der Waals surface area contributed by atoms with Gasteiger partial charge in [-0.05, 0) is 90.6 Å². The van der Waals surface area contributed by atoms with E-state index in [0.29, 0.717) is 23.6 Å². The van der Waals surface area contributed by atoms with E-state index < -0.39 is 5.60 Å². The number of hydrogen-bond acceptors (Lipinski definition) is 6. The van der Waals surface area contributed by atoms with Crippen molar-refractivity contribution in [3.63, 3.8) is 0 Å². The van der Waals surface area contributed by atoms with E-state index in [0.717, 1.165) is 37.1 Å². The van der Waals surface area contributed by atoms with E-state index in [9.17, 15) is 5.11 Å². The van der Waals surface area contributed by atoms with Crippen molar-refractivity contribution in [3.8, 4) is 17.4 Å². The standard InChI is InChI=1S/C24H27N5O2/c30-24-13-18-9-19(14-24)12-23(11-18,16-24)25-15-17-5-4-8-21(10-17)31-22-26-27-28-29(22)20-6-2-1-3-7-20/h1-8,10,18-19,25,30H,9,11-16H2. The number of benzene rings is 2. The Labute approximate surface area is 181 Å². The van der Waals surface area contributed by atoms with E-state index in [1.807, 2.05) is 48.5 Å². The highest BCUT2D eigenvalue weighted by molar-refractivity contribution is 5.34. The number of rotatable bonds is 6. The predicted octanol–water partition coefficient (Wildman–Crippen LogP) is 3.63. The van der Waals surface area contributed by atoms with E-state index in [-0.39, 0.29) is 5.54 Å². The number of para-hydroxylation sites is 1.